The fourth-order valence-corrected chi connectivity index (χ4v) is 0.0975. The van der Waals surface area contributed by atoms with Crippen molar-refractivity contribution in [3.63, 3.8) is 0 Å². The first-order chi connectivity index (χ1) is 2.30. The third-order valence-electron chi connectivity index (χ3n) is 0.446. The standard InChI is InChI=1S/C2H4O3/c3-1-2(4)5-1/h1-4H/t1-,2-/m0/s1. The fourth-order valence-electron chi connectivity index (χ4n) is 0.0975. The summed E-state index contributed by atoms with van der Waals surface area (Å²) in [5.41, 5.74) is 0. The van der Waals surface area contributed by atoms with Gasteiger partial charge in [-0.05, 0) is 0 Å². The Labute approximate surface area is 28.8 Å². The van der Waals surface area contributed by atoms with Crippen LogP contribution in [0, 0.1) is 0 Å². The van der Waals surface area contributed by atoms with Gasteiger partial charge in [0, 0.05) is 0 Å². The van der Waals surface area contributed by atoms with Crippen molar-refractivity contribution < 1.29 is 14.9 Å². The lowest BCUT2D eigenvalue weighted by Gasteiger charge is -1.60. The molecule has 1 fully saturated rings. The predicted molar refractivity (Wildman–Crippen MR) is 13.1 cm³/mol. The number of rotatable bonds is 0. The molecule has 1 saturated heterocycles. The lowest BCUT2D eigenvalue weighted by atomic mass is 10.8. The molecule has 1 heterocycles. The van der Waals surface area contributed by atoms with Gasteiger partial charge in [0.2, 0.25) is 12.6 Å². The Hall–Kier alpha value is -0.120. The van der Waals surface area contributed by atoms with E-state index in [0.717, 1.165) is 0 Å². The van der Waals surface area contributed by atoms with E-state index in [-0.39, 0.29) is 0 Å². The molecule has 0 aliphatic carbocycles. The maximum absolute atomic E-state index is 7.96. The van der Waals surface area contributed by atoms with Crippen LogP contribution in [0.15, 0.2) is 0 Å². The van der Waals surface area contributed by atoms with Gasteiger partial charge in [0.1, 0.15) is 0 Å². The lowest BCUT2D eigenvalue weighted by Crippen LogP contribution is -1.85. The summed E-state index contributed by atoms with van der Waals surface area (Å²) >= 11 is 0. The minimum Gasteiger partial charge on any atom is -0.364 e. The Bertz CT molecular complexity index is 38.2. The van der Waals surface area contributed by atoms with Gasteiger partial charge in [-0.1, -0.05) is 0 Å². The molecular formula is C2H4O3. The molecule has 1 aliphatic rings. The van der Waals surface area contributed by atoms with Crippen LogP contribution >= 0.6 is 0 Å². The number of aliphatic hydroxyl groups excluding tert-OH is 2. The maximum Gasteiger partial charge on any atom is 0.209 e. The van der Waals surface area contributed by atoms with E-state index >= 15 is 0 Å². The Kier molecular flexibility index (Phi) is 0.419. The van der Waals surface area contributed by atoms with Crippen LogP contribution in [0.3, 0.4) is 0 Å². The average molecular weight is 76.1 g/mol. The molecule has 0 unspecified atom stereocenters. The SMILES string of the molecule is O[C@H]1O[C@@H]1O. The zero-order valence-electron chi connectivity index (χ0n) is 2.46. The fraction of sp³-hybridized carbons (Fsp3) is 1.00. The molecule has 1 aliphatic heterocycles. The van der Waals surface area contributed by atoms with E-state index in [1.54, 1.807) is 0 Å². The second-order valence-corrected chi connectivity index (χ2v) is 0.917. The van der Waals surface area contributed by atoms with Gasteiger partial charge < -0.3 is 14.9 Å². The van der Waals surface area contributed by atoms with Crippen molar-refractivity contribution in [2.75, 3.05) is 0 Å². The molecule has 2 N–H and O–H groups in total. The van der Waals surface area contributed by atoms with Gasteiger partial charge in [-0.25, -0.2) is 0 Å². The maximum atomic E-state index is 7.96. The highest BCUT2D eigenvalue weighted by Gasteiger charge is 2.34. The molecule has 0 aromatic carbocycles. The summed E-state index contributed by atoms with van der Waals surface area (Å²) in [6, 6.07) is 0. The third kappa shape index (κ3) is 0.397. The number of ether oxygens (including phenoxy) is 1. The van der Waals surface area contributed by atoms with E-state index in [0.29, 0.717) is 0 Å². The molecular weight excluding hydrogens is 72.0 g/mol. The molecule has 30 valence electrons. The molecule has 2 atom stereocenters. The van der Waals surface area contributed by atoms with Crippen molar-refractivity contribution in [2.24, 2.45) is 0 Å². The van der Waals surface area contributed by atoms with Crippen molar-refractivity contribution >= 4 is 0 Å². The van der Waals surface area contributed by atoms with Crippen LogP contribution in [0.25, 0.3) is 0 Å². The van der Waals surface area contributed by atoms with Crippen LogP contribution in [0.1, 0.15) is 0 Å². The first-order valence-corrected chi connectivity index (χ1v) is 1.32. The molecule has 0 bridgehead atoms. The molecule has 1 rings (SSSR count). The summed E-state index contributed by atoms with van der Waals surface area (Å²) in [6.45, 7) is 0. The number of hydrogen-bond donors (Lipinski definition) is 2. The smallest absolute Gasteiger partial charge is 0.209 e. The van der Waals surface area contributed by atoms with Gasteiger partial charge in [-0.3, -0.25) is 0 Å². The number of epoxide rings is 1. The van der Waals surface area contributed by atoms with Crippen molar-refractivity contribution in [1.82, 2.24) is 0 Å². The molecule has 0 amide bonds. The first-order valence-electron chi connectivity index (χ1n) is 1.32. The van der Waals surface area contributed by atoms with Crippen LogP contribution in [0.5, 0.6) is 0 Å². The van der Waals surface area contributed by atoms with E-state index < -0.39 is 12.6 Å². The topological polar surface area (TPSA) is 53.0 Å². The Balaban J connectivity index is 2.20. The van der Waals surface area contributed by atoms with Gasteiger partial charge in [0.05, 0.1) is 0 Å². The highest BCUT2D eigenvalue weighted by atomic mass is 16.8. The molecule has 3 nitrogen and oxygen atoms in total. The number of aliphatic hydroxyl groups is 2. The monoisotopic (exact) mass is 76.0 g/mol. The van der Waals surface area contributed by atoms with Crippen LogP contribution in [0.4, 0.5) is 0 Å². The molecule has 0 aromatic rings. The van der Waals surface area contributed by atoms with E-state index in [1.165, 1.54) is 0 Å². The van der Waals surface area contributed by atoms with Gasteiger partial charge in [0.25, 0.3) is 0 Å². The molecule has 0 radical (unpaired) electrons. The summed E-state index contributed by atoms with van der Waals surface area (Å²) in [5, 5.41) is 15.9. The second-order valence-electron chi connectivity index (χ2n) is 0.917. The van der Waals surface area contributed by atoms with Gasteiger partial charge in [-0.15, -0.1) is 0 Å². The zero-order chi connectivity index (χ0) is 3.86. The summed E-state index contributed by atoms with van der Waals surface area (Å²) in [6.07, 6.45) is -1.79. The Morgan fingerprint density at radius 2 is 1.40 bits per heavy atom. The van der Waals surface area contributed by atoms with Crippen LogP contribution < -0.4 is 0 Å². The lowest BCUT2D eigenvalue weighted by molar-refractivity contribution is 0.143. The van der Waals surface area contributed by atoms with Crippen molar-refractivity contribution in [2.45, 2.75) is 12.6 Å². The van der Waals surface area contributed by atoms with Crippen molar-refractivity contribution in [3.8, 4) is 0 Å². The molecule has 5 heavy (non-hydrogen) atoms. The van der Waals surface area contributed by atoms with E-state index in [4.69, 9.17) is 10.2 Å². The molecule has 0 saturated carbocycles. The van der Waals surface area contributed by atoms with Crippen LogP contribution in [0.2, 0.25) is 0 Å². The predicted octanol–water partition coefficient (Wildman–Crippen LogP) is -1.35. The Morgan fingerprint density at radius 3 is 1.40 bits per heavy atom. The number of hydrogen-bond acceptors (Lipinski definition) is 3. The molecule has 3 heteroatoms. The van der Waals surface area contributed by atoms with Gasteiger partial charge in [0.15, 0.2) is 0 Å². The highest BCUT2D eigenvalue weighted by Crippen LogP contribution is 2.12. The molecule has 0 aromatic heterocycles. The summed E-state index contributed by atoms with van der Waals surface area (Å²) < 4.78 is 4.03. The largest absolute Gasteiger partial charge is 0.364 e. The molecule has 0 spiro atoms. The van der Waals surface area contributed by atoms with Gasteiger partial charge in [-0.2, -0.15) is 0 Å². The van der Waals surface area contributed by atoms with E-state index in [2.05, 4.69) is 4.74 Å². The highest BCUT2D eigenvalue weighted by molar-refractivity contribution is 4.57. The minimum absolute atomic E-state index is 0.894. The third-order valence-corrected chi connectivity index (χ3v) is 0.446. The minimum atomic E-state index is -0.894. The van der Waals surface area contributed by atoms with Crippen LogP contribution in [-0.2, 0) is 4.74 Å². The summed E-state index contributed by atoms with van der Waals surface area (Å²) in [7, 11) is 0. The average Bonchev–Trinajstić information content (AvgIpc) is 1.79. The van der Waals surface area contributed by atoms with Crippen molar-refractivity contribution in [3.05, 3.63) is 0 Å². The van der Waals surface area contributed by atoms with Gasteiger partial charge >= 0.3 is 0 Å². The second kappa shape index (κ2) is 0.680. The van der Waals surface area contributed by atoms with Crippen molar-refractivity contribution in [1.29, 1.82) is 0 Å². The quantitative estimate of drug-likeness (QED) is 0.351. The summed E-state index contributed by atoms with van der Waals surface area (Å²) in [4.78, 5) is 0. The first kappa shape index (κ1) is 3.08. The summed E-state index contributed by atoms with van der Waals surface area (Å²) in [5.74, 6) is 0. The van der Waals surface area contributed by atoms with Crippen LogP contribution in [-0.4, -0.2) is 22.8 Å². The van der Waals surface area contributed by atoms with E-state index in [9.17, 15) is 0 Å². The normalized spacial score (nSPS) is 49.2. The Morgan fingerprint density at radius 1 is 1.20 bits per heavy atom. The van der Waals surface area contributed by atoms with E-state index in [1.807, 2.05) is 0 Å². The zero-order valence-corrected chi connectivity index (χ0v) is 2.46.